The molecule has 0 aliphatic rings. The number of benzene rings is 1. The monoisotopic (exact) mass is 316 g/mol. The van der Waals surface area contributed by atoms with Crippen molar-refractivity contribution in [3.8, 4) is 0 Å². The van der Waals surface area contributed by atoms with Crippen LogP contribution in [0.1, 0.15) is 18.0 Å². The molecule has 0 bridgehead atoms. The van der Waals surface area contributed by atoms with Gasteiger partial charge in [0.2, 0.25) is 0 Å². The molecule has 1 atom stereocenters. The first-order valence-corrected chi connectivity index (χ1v) is 6.83. The normalized spacial score (nSPS) is 12.4. The van der Waals surface area contributed by atoms with Crippen LogP contribution in [0.4, 0.5) is 5.69 Å². The summed E-state index contributed by atoms with van der Waals surface area (Å²) in [5.41, 5.74) is 0.996. The number of aromatic nitrogens is 1. The predicted octanol–water partition coefficient (Wildman–Crippen LogP) is 4.73. The summed E-state index contributed by atoms with van der Waals surface area (Å²) in [7, 11) is 0. The highest BCUT2D eigenvalue weighted by molar-refractivity contribution is 9.10. The Balaban J connectivity index is 2.12. The number of nitrogens with zero attached hydrogens (tertiary/aromatic N) is 1. The van der Waals surface area contributed by atoms with E-state index in [1.807, 2.05) is 29.8 Å². The Labute approximate surface area is 112 Å². The summed E-state index contributed by atoms with van der Waals surface area (Å²) in [6.45, 7) is 2.08. The van der Waals surface area contributed by atoms with Crippen LogP contribution >= 0.6 is 38.9 Å². The fraction of sp³-hybridized carbons (Fsp3) is 0.182. The summed E-state index contributed by atoms with van der Waals surface area (Å²) in [6.07, 6.45) is 1.81. The van der Waals surface area contributed by atoms with Crippen molar-refractivity contribution in [2.24, 2.45) is 0 Å². The molecule has 0 fully saturated rings. The Morgan fingerprint density at radius 1 is 1.50 bits per heavy atom. The Morgan fingerprint density at radius 3 is 2.94 bits per heavy atom. The largest absolute Gasteiger partial charge is 0.376 e. The van der Waals surface area contributed by atoms with Gasteiger partial charge in [0.25, 0.3) is 0 Å². The Hall–Kier alpha value is -0.580. The molecule has 0 saturated heterocycles. The Bertz CT molecular complexity index is 473. The van der Waals surface area contributed by atoms with Gasteiger partial charge >= 0.3 is 0 Å². The maximum atomic E-state index is 6.02. The van der Waals surface area contributed by atoms with Gasteiger partial charge in [0.05, 0.1) is 11.1 Å². The highest BCUT2D eigenvalue weighted by atomic mass is 79.9. The molecule has 5 heteroatoms. The molecule has 0 saturated carbocycles. The van der Waals surface area contributed by atoms with Crippen molar-refractivity contribution >= 4 is 44.6 Å². The fourth-order valence-corrected chi connectivity index (χ4v) is 2.42. The van der Waals surface area contributed by atoms with Crippen LogP contribution < -0.4 is 5.32 Å². The van der Waals surface area contributed by atoms with Crippen LogP contribution in [-0.2, 0) is 0 Å². The summed E-state index contributed by atoms with van der Waals surface area (Å²) in [5.74, 6) is 0. The second kappa shape index (κ2) is 5.17. The van der Waals surface area contributed by atoms with E-state index in [1.165, 1.54) is 0 Å². The van der Waals surface area contributed by atoms with Crippen molar-refractivity contribution < 1.29 is 0 Å². The molecule has 2 aromatic rings. The van der Waals surface area contributed by atoms with Gasteiger partial charge in [-0.1, -0.05) is 11.6 Å². The van der Waals surface area contributed by atoms with Crippen LogP contribution in [0.2, 0.25) is 5.02 Å². The van der Waals surface area contributed by atoms with Crippen LogP contribution in [0, 0.1) is 0 Å². The van der Waals surface area contributed by atoms with Gasteiger partial charge in [-0.25, -0.2) is 4.98 Å². The van der Waals surface area contributed by atoms with Crippen LogP contribution in [0.25, 0.3) is 0 Å². The minimum Gasteiger partial charge on any atom is -0.376 e. The van der Waals surface area contributed by atoms with Gasteiger partial charge in [-0.15, -0.1) is 11.3 Å². The van der Waals surface area contributed by atoms with Crippen molar-refractivity contribution in [3.63, 3.8) is 0 Å². The second-order valence-corrected chi connectivity index (χ2v) is 5.55. The van der Waals surface area contributed by atoms with Gasteiger partial charge in [0, 0.05) is 21.7 Å². The molecule has 1 unspecified atom stereocenters. The van der Waals surface area contributed by atoms with Crippen molar-refractivity contribution in [1.82, 2.24) is 4.98 Å². The molecule has 0 aliphatic carbocycles. The zero-order valence-electron chi connectivity index (χ0n) is 8.58. The quantitative estimate of drug-likeness (QED) is 0.885. The van der Waals surface area contributed by atoms with Crippen molar-refractivity contribution in [3.05, 3.63) is 44.3 Å². The van der Waals surface area contributed by atoms with E-state index in [2.05, 4.69) is 33.2 Å². The van der Waals surface area contributed by atoms with E-state index in [4.69, 9.17) is 11.6 Å². The van der Waals surface area contributed by atoms with Gasteiger partial charge in [-0.3, -0.25) is 0 Å². The van der Waals surface area contributed by atoms with Gasteiger partial charge in [-0.05, 0) is 41.1 Å². The summed E-state index contributed by atoms with van der Waals surface area (Å²) in [6, 6.07) is 6.01. The molecule has 2 nitrogen and oxygen atoms in total. The van der Waals surface area contributed by atoms with Crippen LogP contribution in [0.3, 0.4) is 0 Å². The van der Waals surface area contributed by atoms with Gasteiger partial charge in [-0.2, -0.15) is 0 Å². The van der Waals surface area contributed by atoms with Crippen LogP contribution in [-0.4, -0.2) is 4.98 Å². The van der Waals surface area contributed by atoms with E-state index in [0.717, 1.165) is 15.2 Å². The molecule has 1 aromatic heterocycles. The molecule has 2 rings (SSSR count). The Morgan fingerprint density at radius 2 is 2.31 bits per heavy atom. The molecule has 0 spiro atoms. The lowest BCUT2D eigenvalue weighted by Gasteiger charge is -2.13. The number of hydrogen-bond donors (Lipinski definition) is 1. The van der Waals surface area contributed by atoms with E-state index in [1.54, 1.807) is 11.3 Å². The standard InChI is InChI=1S/C11H10BrClN2S/c1-7(11-14-4-5-16-11)15-8-2-3-9(12)10(13)6-8/h2-7,15H,1H3. The van der Waals surface area contributed by atoms with E-state index in [0.29, 0.717) is 5.02 Å². The molecule has 1 heterocycles. The lowest BCUT2D eigenvalue weighted by Crippen LogP contribution is -2.05. The first-order chi connectivity index (χ1) is 7.66. The van der Waals surface area contributed by atoms with Gasteiger partial charge in [0.1, 0.15) is 5.01 Å². The van der Waals surface area contributed by atoms with Crippen molar-refractivity contribution in [1.29, 1.82) is 0 Å². The summed E-state index contributed by atoms with van der Waals surface area (Å²) in [4.78, 5) is 4.27. The number of halogens is 2. The number of anilines is 1. The zero-order chi connectivity index (χ0) is 11.5. The van der Waals surface area contributed by atoms with Crippen molar-refractivity contribution in [2.45, 2.75) is 13.0 Å². The maximum Gasteiger partial charge on any atom is 0.115 e. The zero-order valence-corrected chi connectivity index (χ0v) is 11.7. The van der Waals surface area contributed by atoms with Gasteiger partial charge < -0.3 is 5.32 Å². The molecule has 84 valence electrons. The smallest absolute Gasteiger partial charge is 0.115 e. The van der Waals surface area contributed by atoms with E-state index in [-0.39, 0.29) is 6.04 Å². The second-order valence-electron chi connectivity index (χ2n) is 3.37. The first kappa shape index (κ1) is 11.9. The lowest BCUT2D eigenvalue weighted by molar-refractivity contribution is 0.870. The van der Waals surface area contributed by atoms with Gasteiger partial charge in [0.15, 0.2) is 0 Å². The van der Waals surface area contributed by atoms with Crippen LogP contribution in [0.15, 0.2) is 34.2 Å². The number of nitrogens with one attached hydrogen (secondary N) is 1. The number of rotatable bonds is 3. The molecule has 1 N–H and O–H groups in total. The fourth-order valence-electron chi connectivity index (χ4n) is 1.35. The number of hydrogen-bond acceptors (Lipinski definition) is 3. The average molecular weight is 318 g/mol. The average Bonchev–Trinajstić information content (AvgIpc) is 2.77. The lowest BCUT2D eigenvalue weighted by atomic mass is 10.3. The molecule has 0 radical (unpaired) electrons. The minimum absolute atomic E-state index is 0.192. The van der Waals surface area contributed by atoms with E-state index in [9.17, 15) is 0 Å². The van der Waals surface area contributed by atoms with Crippen molar-refractivity contribution in [2.75, 3.05) is 5.32 Å². The molecular formula is C11H10BrClN2S. The molecule has 1 aromatic carbocycles. The van der Waals surface area contributed by atoms with Crippen LogP contribution in [0.5, 0.6) is 0 Å². The molecule has 16 heavy (non-hydrogen) atoms. The third-order valence-corrected chi connectivity index (χ3v) is 4.32. The summed E-state index contributed by atoms with van der Waals surface area (Å²) in [5, 5.41) is 7.10. The topological polar surface area (TPSA) is 24.9 Å². The summed E-state index contributed by atoms with van der Waals surface area (Å²) >= 11 is 11.0. The third kappa shape index (κ3) is 2.75. The molecule has 0 aliphatic heterocycles. The SMILES string of the molecule is CC(Nc1ccc(Br)c(Cl)c1)c1nccs1. The van der Waals surface area contributed by atoms with E-state index < -0.39 is 0 Å². The Kier molecular flexibility index (Phi) is 3.84. The third-order valence-electron chi connectivity index (χ3n) is 2.12. The van der Waals surface area contributed by atoms with E-state index >= 15 is 0 Å². The highest BCUT2D eigenvalue weighted by Crippen LogP contribution is 2.28. The predicted molar refractivity (Wildman–Crippen MR) is 73.3 cm³/mol. The maximum absolute atomic E-state index is 6.02. The first-order valence-electron chi connectivity index (χ1n) is 4.78. The highest BCUT2D eigenvalue weighted by Gasteiger charge is 2.08. The molecule has 0 amide bonds. The summed E-state index contributed by atoms with van der Waals surface area (Å²) < 4.78 is 0.904. The number of thiazole rings is 1. The minimum atomic E-state index is 0.192. The molecular weight excluding hydrogens is 308 g/mol.